The molecule has 8 nitrogen and oxygen atoms in total. The number of benzene rings is 4. The fourth-order valence-electron chi connectivity index (χ4n) is 4.67. The summed E-state index contributed by atoms with van der Waals surface area (Å²) < 4.78 is 28.6. The van der Waals surface area contributed by atoms with E-state index in [0.717, 1.165) is 51.0 Å². The van der Waals surface area contributed by atoms with Gasteiger partial charge in [0.15, 0.2) is 0 Å². The Bertz CT molecular complexity index is 1760. The summed E-state index contributed by atoms with van der Waals surface area (Å²) in [4.78, 5) is 25.6. The highest BCUT2D eigenvalue weighted by atomic mass is 16.7. The molecule has 5 aromatic rings. The third kappa shape index (κ3) is 6.70. The first-order valence-electron chi connectivity index (χ1n) is 13.7. The van der Waals surface area contributed by atoms with E-state index in [1.54, 1.807) is 32.0 Å². The molecule has 0 fully saturated rings. The topological polar surface area (TPSA) is 87.4 Å². The van der Waals surface area contributed by atoms with Gasteiger partial charge in [0.05, 0.1) is 5.69 Å². The van der Waals surface area contributed by atoms with E-state index in [1.165, 1.54) is 0 Å². The van der Waals surface area contributed by atoms with Crippen LogP contribution in [0.5, 0.6) is 11.5 Å². The highest BCUT2D eigenvalue weighted by molar-refractivity contribution is 6.06. The van der Waals surface area contributed by atoms with Gasteiger partial charge in [0.25, 0.3) is 0 Å². The van der Waals surface area contributed by atoms with Gasteiger partial charge in [-0.1, -0.05) is 49.1 Å². The lowest BCUT2D eigenvalue weighted by Gasteiger charge is -2.27. The van der Waals surface area contributed by atoms with Gasteiger partial charge in [0.2, 0.25) is 12.6 Å². The van der Waals surface area contributed by atoms with E-state index >= 15 is 0 Å². The smallest absolute Gasteiger partial charge is 0.333 e. The molecule has 0 aliphatic rings. The van der Waals surface area contributed by atoms with E-state index < -0.39 is 24.5 Å². The summed E-state index contributed by atoms with van der Waals surface area (Å²) in [7, 11) is 0. The molecular weight excluding hydrogens is 546 g/mol. The Balaban J connectivity index is 1.62. The number of esters is 2. The van der Waals surface area contributed by atoms with Gasteiger partial charge in [0.1, 0.15) is 22.7 Å². The lowest BCUT2D eigenvalue weighted by molar-refractivity contribution is -0.155. The van der Waals surface area contributed by atoms with E-state index in [-0.39, 0.29) is 0 Å². The number of rotatable bonds is 11. The third-order valence-electron chi connectivity index (χ3n) is 6.54. The zero-order chi connectivity index (χ0) is 30.5. The maximum absolute atomic E-state index is 11.8. The Kier molecular flexibility index (Phi) is 8.48. The van der Waals surface area contributed by atoms with Crippen molar-refractivity contribution in [3.05, 3.63) is 116 Å². The van der Waals surface area contributed by atoms with E-state index in [2.05, 4.69) is 13.2 Å². The molecule has 218 valence electrons. The van der Waals surface area contributed by atoms with Gasteiger partial charge in [-0.3, -0.25) is 0 Å². The number of para-hydroxylation sites is 1. The lowest BCUT2D eigenvalue weighted by Crippen LogP contribution is -2.21. The first-order valence-corrected chi connectivity index (χ1v) is 13.7. The standard InChI is InChI=1S/C35H31NO7/c1-6-34(37)41-23(4)39-28-18-27(19-29(21-28)40-24(5)42-35(38)7-2)36(25-14-12-22(3)13-15-25)26-16-17-31-30-10-8-9-11-32(30)43-33(31)20-26/h6-21,23-24H,1-2H2,3-5H3. The van der Waals surface area contributed by atoms with Gasteiger partial charge in [-0.2, -0.15) is 0 Å². The first-order chi connectivity index (χ1) is 20.7. The second-order valence-electron chi connectivity index (χ2n) is 9.77. The Morgan fingerprint density at radius 1 is 0.698 bits per heavy atom. The summed E-state index contributed by atoms with van der Waals surface area (Å²) in [5.41, 5.74) is 4.98. The fourth-order valence-corrected chi connectivity index (χ4v) is 4.67. The first kappa shape index (κ1) is 29.0. The van der Waals surface area contributed by atoms with Crippen LogP contribution in [0.2, 0.25) is 0 Å². The van der Waals surface area contributed by atoms with Crippen molar-refractivity contribution in [2.75, 3.05) is 4.90 Å². The second kappa shape index (κ2) is 12.6. The van der Waals surface area contributed by atoms with Crippen molar-refractivity contribution >= 4 is 50.9 Å². The zero-order valence-electron chi connectivity index (χ0n) is 24.1. The summed E-state index contributed by atoms with van der Waals surface area (Å²) in [6.07, 6.45) is 0.273. The number of hydrogen-bond donors (Lipinski definition) is 0. The van der Waals surface area contributed by atoms with Gasteiger partial charge in [-0.05, 0) is 37.3 Å². The number of aryl methyl sites for hydroxylation is 1. The van der Waals surface area contributed by atoms with Gasteiger partial charge >= 0.3 is 11.9 Å². The molecule has 0 saturated heterocycles. The van der Waals surface area contributed by atoms with Crippen LogP contribution in [0.25, 0.3) is 21.9 Å². The molecule has 1 heterocycles. The summed E-state index contributed by atoms with van der Waals surface area (Å²) in [5, 5.41) is 2.03. The molecule has 8 heteroatoms. The van der Waals surface area contributed by atoms with Crippen LogP contribution < -0.4 is 14.4 Å². The van der Waals surface area contributed by atoms with Crippen LogP contribution >= 0.6 is 0 Å². The molecule has 43 heavy (non-hydrogen) atoms. The molecule has 2 unspecified atom stereocenters. The number of fused-ring (bicyclic) bond motifs is 3. The van der Waals surface area contributed by atoms with Crippen LogP contribution in [0, 0.1) is 6.92 Å². The Labute approximate surface area is 249 Å². The minimum absolute atomic E-state index is 0.348. The predicted molar refractivity (Wildman–Crippen MR) is 166 cm³/mol. The van der Waals surface area contributed by atoms with Crippen molar-refractivity contribution in [2.45, 2.75) is 33.4 Å². The minimum atomic E-state index is -0.927. The summed E-state index contributed by atoms with van der Waals surface area (Å²) in [5.74, 6) is -0.543. The van der Waals surface area contributed by atoms with Gasteiger partial charge < -0.3 is 28.3 Å². The average molecular weight is 578 g/mol. The van der Waals surface area contributed by atoms with Crippen molar-refractivity contribution in [3.8, 4) is 11.5 Å². The molecule has 0 N–H and O–H groups in total. The lowest BCUT2D eigenvalue weighted by atomic mass is 10.1. The van der Waals surface area contributed by atoms with Crippen LogP contribution in [0.3, 0.4) is 0 Å². The molecule has 0 spiro atoms. The van der Waals surface area contributed by atoms with Crippen LogP contribution in [0.4, 0.5) is 17.1 Å². The van der Waals surface area contributed by atoms with Crippen LogP contribution in [0.15, 0.2) is 115 Å². The van der Waals surface area contributed by atoms with Crippen molar-refractivity contribution in [2.24, 2.45) is 0 Å². The number of anilines is 3. The molecule has 0 amide bonds. The zero-order valence-corrected chi connectivity index (χ0v) is 24.1. The number of ether oxygens (including phenoxy) is 4. The average Bonchev–Trinajstić information content (AvgIpc) is 3.36. The number of hydrogen-bond acceptors (Lipinski definition) is 8. The molecular formula is C35H31NO7. The summed E-state index contributed by atoms with van der Waals surface area (Å²) in [6, 6.07) is 27.2. The maximum atomic E-state index is 11.8. The fraction of sp³-hybridized carbons (Fsp3) is 0.143. The normalized spacial score (nSPS) is 12.3. The van der Waals surface area contributed by atoms with E-state index in [0.29, 0.717) is 17.2 Å². The Morgan fingerprint density at radius 3 is 1.86 bits per heavy atom. The molecule has 0 radical (unpaired) electrons. The second-order valence-corrected chi connectivity index (χ2v) is 9.77. The monoisotopic (exact) mass is 577 g/mol. The van der Waals surface area contributed by atoms with E-state index in [4.69, 9.17) is 23.4 Å². The van der Waals surface area contributed by atoms with Crippen LogP contribution in [-0.4, -0.2) is 24.5 Å². The number of carbonyl (C=O) groups excluding carboxylic acids is 2. The van der Waals surface area contributed by atoms with Gasteiger partial charge in [0, 0.05) is 72.4 Å². The SMILES string of the molecule is C=CC(=O)OC(C)Oc1cc(OC(C)OC(=O)C=C)cc(N(c2ccc(C)cc2)c2ccc3c(c2)oc2ccccc23)c1. The number of furan rings is 1. The van der Waals surface area contributed by atoms with E-state index in [9.17, 15) is 9.59 Å². The third-order valence-corrected chi connectivity index (χ3v) is 6.54. The molecule has 0 bridgehead atoms. The van der Waals surface area contributed by atoms with Crippen molar-refractivity contribution in [1.82, 2.24) is 0 Å². The molecule has 1 aromatic heterocycles. The van der Waals surface area contributed by atoms with Crippen molar-refractivity contribution < 1.29 is 33.0 Å². The van der Waals surface area contributed by atoms with Crippen molar-refractivity contribution in [3.63, 3.8) is 0 Å². The number of nitrogens with zero attached hydrogens (tertiary/aromatic N) is 1. The quantitative estimate of drug-likeness (QED) is 0.0881. The largest absolute Gasteiger partial charge is 0.456 e. The van der Waals surface area contributed by atoms with Crippen LogP contribution in [0.1, 0.15) is 19.4 Å². The molecule has 0 aliphatic carbocycles. The summed E-state index contributed by atoms with van der Waals surface area (Å²) in [6.45, 7) is 12.1. The maximum Gasteiger partial charge on any atom is 0.333 e. The van der Waals surface area contributed by atoms with Gasteiger partial charge in [-0.25, -0.2) is 9.59 Å². The Hall–Kier alpha value is -5.50. The highest BCUT2D eigenvalue weighted by Crippen LogP contribution is 2.41. The summed E-state index contributed by atoms with van der Waals surface area (Å²) >= 11 is 0. The predicted octanol–water partition coefficient (Wildman–Crippen LogP) is 8.27. The molecule has 4 aromatic carbocycles. The highest BCUT2D eigenvalue weighted by Gasteiger charge is 2.20. The van der Waals surface area contributed by atoms with Crippen molar-refractivity contribution in [1.29, 1.82) is 0 Å². The number of carbonyl (C=O) groups is 2. The minimum Gasteiger partial charge on any atom is -0.456 e. The van der Waals surface area contributed by atoms with Gasteiger partial charge in [-0.15, -0.1) is 0 Å². The molecule has 2 atom stereocenters. The van der Waals surface area contributed by atoms with E-state index in [1.807, 2.05) is 78.6 Å². The molecule has 5 rings (SSSR count). The molecule has 0 aliphatic heterocycles. The van der Waals surface area contributed by atoms with Crippen LogP contribution in [-0.2, 0) is 19.1 Å². The molecule has 0 saturated carbocycles. The Morgan fingerprint density at radius 2 is 1.26 bits per heavy atom.